The summed E-state index contributed by atoms with van der Waals surface area (Å²) < 4.78 is 26.3. The van der Waals surface area contributed by atoms with Gasteiger partial charge < -0.3 is 0 Å². The molecule has 1 N–H and O–H groups in total. The molecule has 1 aromatic carbocycles. The number of aryl methyl sites for hydroxylation is 1. The van der Waals surface area contributed by atoms with Gasteiger partial charge in [-0.2, -0.15) is 0 Å². The second-order valence-electron chi connectivity index (χ2n) is 3.88. The maximum absolute atomic E-state index is 12.0. The number of rotatable bonds is 4. The summed E-state index contributed by atoms with van der Waals surface area (Å²) in [6.07, 6.45) is 3.07. The summed E-state index contributed by atoms with van der Waals surface area (Å²) >= 11 is 0. The highest BCUT2D eigenvalue weighted by atomic mass is 32.2. The molecule has 7 heteroatoms. The number of anilines is 1. The Labute approximate surface area is 110 Å². The number of aldehydes is 1. The van der Waals surface area contributed by atoms with Gasteiger partial charge in [-0.25, -0.2) is 23.1 Å². The van der Waals surface area contributed by atoms with Crippen molar-refractivity contribution in [3.8, 4) is 0 Å². The predicted octanol–water partition coefficient (Wildman–Crippen LogP) is 1.40. The predicted molar refractivity (Wildman–Crippen MR) is 69.4 cm³/mol. The van der Waals surface area contributed by atoms with Gasteiger partial charge in [0, 0.05) is 12.4 Å². The van der Waals surface area contributed by atoms with Crippen LogP contribution in [0.1, 0.15) is 15.9 Å². The number of hydrogen-bond donors (Lipinski definition) is 1. The second kappa shape index (κ2) is 5.15. The molecule has 19 heavy (non-hydrogen) atoms. The normalized spacial score (nSPS) is 11.0. The number of nitrogens with zero attached hydrogens (tertiary/aromatic N) is 2. The largest absolute Gasteiger partial charge is 0.298 e. The van der Waals surface area contributed by atoms with Crippen molar-refractivity contribution in [3.63, 3.8) is 0 Å². The molecule has 0 spiro atoms. The second-order valence-corrected chi connectivity index (χ2v) is 5.56. The lowest BCUT2D eigenvalue weighted by atomic mass is 10.2. The summed E-state index contributed by atoms with van der Waals surface area (Å²) in [7, 11) is -3.71. The Morgan fingerprint density at radius 2 is 1.68 bits per heavy atom. The summed E-state index contributed by atoms with van der Waals surface area (Å²) in [5.41, 5.74) is 1.24. The van der Waals surface area contributed by atoms with Crippen LogP contribution in [-0.2, 0) is 10.0 Å². The van der Waals surface area contributed by atoms with Crippen LogP contribution in [0.3, 0.4) is 0 Å². The number of carbonyl (C=O) groups excluding carboxylic acids is 1. The molecule has 98 valence electrons. The number of nitrogens with one attached hydrogen (secondary N) is 1. The molecule has 0 aliphatic carbocycles. The van der Waals surface area contributed by atoms with Crippen molar-refractivity contribution in [2.24, 2.45) is 0 Å². The summed E-state index contributed by atoms with van der Waals surface area (Å²) in [6, 6.07) is 6.39. The molecular weight excluding hydrogens is 266 g/mol. The highest BCUT2D eigenvalue weighted by Gasteiger charge is 2.15. The third kappa shape index (κ3) is 3.14. The molecular formula is C12H11N3O3S. The van der Waals surface area contributed by atoms with Gasteiger partial charge in [0.1, 0.15) is 0 Å². The quantitative estimate of drug-likeness (QED) is 0.853. The summed E-state index contributed by atoms with van der Waals surface area (Å²) in [5, 5.41) is 0. The average molecular weight is 277 g/mol. The van der Waals surface area contributed by atoms with E-state index in [0.717, 1.165) is 5.56 Å². The van der Waals surface area contributed by atoms with E-state index in [1.807, 2.05) is 6.92 Å². The maximum Gasteiger partial charge on any atom is 0.264 e. The van der Waals surface area contributed by atoms with Crippen LogP contribution in [0.15, 0.2) is 41.6 Å². The Kier molecular flexibility index (Phi) is 3.57. The number of hydrogen-bond acceptors (Lipinski definition) is 5. The molecule has 0 radical (unpaired) electrons. The topological polar surface area (TPSA) is 89.0 Å². The van der Waals surface area contributed by atoms with Crippen molar-refractivity contribution in [1.29, 1.82) is 0 Å². The fraction of sp³-hybridized carbons (Fsp3) is 0.0833. The molecule has 1 heterocycles. The molecule has 2 rings (SSSR count). The first kappa shape index (κ1) is 13.2. The lowest BCUT2D eigenvalue weighted by molar-refractivity contribution is 0.112. The molecule has 0 amide bonds. The van der Waals surface area contributed by atoms with E-state index in [9.17, 15) is 13.2 Å². The van der Waals surface area contributed by atoms with Gasteiger partial charge in [0.15, 0.2) is 6.29 Å². The van der Waals surface area contributed by atoms with E-state index in [-0.39, 0.29) is 16.4 Å². The smallest absolute Gasteiger partial charge is 0.264 e. The summed E-state index contributed by atoms with van der Waals surface area (Å²) in [4.78, 5) is 18.1. The molecule has 0 saturated heterocycles. The first-order valence-corrected chi connectivity index (χ1v) is 6.86. The average Bonchev–Trinajstić information content (AvgIpc) is 2.40. The lowest BCUT2D eigenvalue weighted by Crippen LogP contribution is -2.15. The molecule has 0 aliphatic heterocycles. The van der Waals surface area contributed by atoms with Gasteiger partial charge in [-0.05, 0) is 19.1 Å². The Hall–Kier alpha value is -2.28. The number of sulfonamides is 1. The van der Waals surface area contributed by atoms with Crippen LogP contribution in [0.4, 0.5) is 5.95 Å². The van der Waals surface area contributed by atoms with E-state index in [0.29, 0.717) is 6.29 Å². The van der Waals surface area contributed by atoms with Crippen molar-refractivity contribution in [2.75, 3.05) is 4.72 Å². The van der Waals surface area contributed by atoms with E-state index in [2.05, 4.69) is 14.7 Å². The van der Waals surface area contributed by atoms with Crippen LogP contribution in [0, 0.1) is 6.92 Å². The van der Waals surface area contributed by atoms with Gasteiger partial charge >= 0.3 is 0 Å². The van der Waals surface area contributed by atoms with Crippen LogP contribution >= 0.6 is 0 Å². The van der Waals surface area contributed by atoms with Crippen molar-refractivity contribution < 1.29 is 13.2 Å². The SMILES string of the molecule is Cc1ccc(S(=O)(=O)Nc2ncc(C=O)cn2)cc1. The highest BCUT2D eigenvalue weighted by molar-refractivity contribution is 7.92. The van der Waals surface area contributed by atoms with E-state index < -0.39 is 10.0 Å². The van der Waals surface area contributed by atoms with Crippen LogP contribution in [0.5, 0.6) is 0 Å². The minimum absolute atomic E-state index is 0.0776. The van der Waals surface area contributed by atoms with Crippen molar-refractivity contribution in [3.05, 3.63) is 47.8 Å². The van der Waals surface area contributed by atoms with Crippen LogP contribution < -0.4 is 4.72 Å². The third-order valence-electron chi connectivity index (χ3n) is 2.36. The number of carbonyl (C=O) groups is 1. The third-order valence-corrected chi connectivity index (χ3v) is 3.71. The van der Waals surface area contributed by atoms with Gasteiger partial charge in [-0.3, -0.25) is 4.79 Å². The molecule has 1 aromatic heterocycles. The first-order valence-electron chi connectivity index (χ1n) is 5.38. The van der Waals surface area contributed by atoms with Crippen LogP contribution in [-0.4, -0.2) is 24.7 Å². The van der Waals surface area contributed by atoms with Crippen LogP contribution in [0.25, 0.3) is 0 Å². The fourth-order valence-electron chi connectivity index (χ4n) is 1.35. The Morgan fingerprint density at radius 3 is 2.21 bits per heavy atom. The summed E-state index contributed by atoms with van der Waals surface area (Å²) in [6.45, 7) is 1.87. The molecule has 0 bridgehead atoms. The number of aromatic nitrogens is 2. The lowest BCUT2D eigenvalue weighted by Gasteiger charge is -2.06. The van der Waals surface area contributed by atoms with Gasteiger partial charge in [0.25, 0.3) is 10.0 Å². The van der Waals surface area contributed by atoms with E-state index in [1.54, 1.807) is 12.1 Å². The van der Waals surface area contributed by atoms with Gasteiger partial charge in [-0.15, -0.1) is 0 Å². The monoisotopic (exact) mass is 277 g/mol. The molecule has 0 atom stereocenters. The molecule has 0 unspecified atom stereocenters. The minimum atomic E-state index is -3.71. The molecule has 0 fully saturated rings. The minimum Gasteiger partial charge on any atom is -0.298 e. The standard InChI is InChI=1S/C12H11N3O3S/c1-9-2-4-11(5-3-9)19(17,18)15-12-13-6-10(8-16)7-14-12/h2-8H,1H3,(H,13,14,15). The molecule has 0 aliphatic rings. The Balaban J connectivity index is 2.25. The van der Waals surface area contributed by atoms with Crippen molar-refractivity contribution >= 4 is 22.3 Å². The Morgan fingerprint density at radius 1 is 1.11 bits per heavy atom. The molecule has 0 saturated carbocycles. The van der Waals surface area contributed by atoms with Crippen LogP contribution in [0.2, 0.25) is 0 Å². The zero-order chi connectivity index (χ0) is 13.9. The van der Waals surface area contributed by atoms with E-state index in [1.165, 1.54) is 24.5 Å². The molecule has 2 aromatic rings. The Bertz CT molecular complexity index is 679. The zero-order valence-corrected chi connectivity index (χ0v) is 10.9. The zero-order valence-electron chi connectivity index (χ0n) is 10.1. The highest BCUT2D eigenvalue weighted by Crippen LogP contribution is 2.13. The van der Waals surface area contributed by atoms with E-state index in [4.69, 9.17) is 0 Å². The maximum atomic E-state index is 12.0. The fourth-order valence-corrected chi connectivity index (χ4v) is 2.31. The number of benzene rings is 1. The molecule has 6 nitrogen and oxygen atoms in total. The van der Waals surface area contributed by atoms with Gasteiger partial charge in [-0.1, -0.05) is 17.7 Å². The first-order chi connectivity index (χ1) is 9.01. The summed E-state index contributed by atoms with van der Waals surface area (Å²) in [5.74, 6) is -0.0776. The van der Waals surface area contributed by atoms with Gasteiger partial charge in [0.2, 0.25) is 5.95 Å². The van der Waals surface area contributed by atoms with Crippen molar-refractivity contribution in [1.82, 2.24) is 9.97 Å². The van der Waals surface area contributed by atoms with Crippen molar-refractivity contribution in [2.45, 2.75) is 11.8 Å². The van der Waals surface area contributed by atoms with Gasteiger partial charge in [0.05, 0.1) is 10.5 Å². The van der Waals surface area contributed by atoms with E-state index >= 15 is 0 Å².